The average molecular weight is 625 g/mol. The lowest BCUT2D eigenvalue weighted by Crippen LogP contribution is -2.31. The van der Waals surface area contributed by atoms with Crippen molar-refractivity contribution < 1.29 is 43.9 Å². The first-order valence-corrected chi connectivity index (χ1v) is 12.2. The van der Waals surface area contributed by atoms with Gasteiger partial charge in [-0.05, 0) is 42.5 Å². The third-order valence-corrected chi connectivity index (χ3v) is 6.22. The number of carbonyl (C=O) groups excluding carboxylic acids is 3. The number of esters is 3. The van der Waals surface area contributed by atoms with E-state index < -0.39 is 48.7 Å². The van der Waals surface area contributed by atoms with E-state index in [9.17, 15) is 29.7 Å². The lowest BCUT2D eigenvalue weighted by Gasteiger charge is -2.18. The summed E-state index contributed by atoms with van der Waals surface area (Å²) in [4.78, 5) is 37.6. The number of halogens is 5. The molecule has 0 aliphatic rings. The van der Waals surface area contributed by atoms with E-state index in [-0.39, 0.29) is 47.6 Å². The molecule has 0 amide bonds. The largest absolute Gasteiger partial charge is 0.506 e. The Bertz CT molecular complexity index is 1290. The molecule has 9 nitrogen and oxygen atoms in total. The van der Waals surface area contributed by atoms with Crippen LogP contribution in [0.5, 0.6) is 17.2 Å². The Morgan fingerprint density at radius 2 is 1.00 bits per heavy atom. The summed E-state index contributed by atoms with van der Waals surface area (Å²) in [6.07, 6.45) is -1.32. The zero-order valence-electron chi connectivity index (χ0n) is 18.7. The Kier molecular flexibility index (Phi) is 9.81. The van der Waals surface area contributed by atoms with Crippen molar-refractivity contribution in [3.63, 3.8) is 0 Å². The molecule has 0 aliphatic carbocycles. The number of ether oxygens (including phenoxy) is 3. The molecule has 0 saturated heterocycles. The van der Waals surface area contributed by atoms with E-state index in [2.05, 4.69) is 0 Å². The molecule has 0 aliphatic heterocycles. The van der Waals surface area contributed by atoms with Crippen molar-refractivity contribution in [1.29, 1.82) is 0 Å². The first kappa shape index (κ1) is 29.5. The van der Waals surface area contributed by atoms with Gasteiger partial charge < -0.3 is 29.5 Å². The fraction of sp³-hybridized carbons (Fsp3) is 0.125. The first-order valence-electron chi connectivity index (χ1n) is 10.3. The van der Waals surface area contributed by atoms with Crippen molar-refractivity contribution in [3.8, 4) is 17.2 Å². The Morgan fingerprint density at radius 1 is 0.605 bits per heavy atom. The van der Waals surface area contributed by atoms with Crippen molar-refractivity contribution in [3.05, 3.63) is 84.3 Å². The van der Waals surface area contributed by atoms with E-state index in [0.717, 1.165) is 30.3 Å². The van der Waals surface area contributed by atoms with Gasteiger partial charge in [-0.3, -0.25) is 0 Å². The van der Waals surface area contributed by atoms with Crippen molar-refractivity contribution in [2.45, 2.75) is 6.10 Å². The minimum atomic E-state index is -1.32. The van der Waals surface area contributed by atoms with Crippen LogP contribution in [-0.4, -0.2) is 52.5 Å². The van der Waals surface area contributed by atoms with Crippen molar-refractivity contribution in [1.82, 2.24) is 0 Å². The molecule has 3 rings (SSSR count). The van der Waals surface area contributed by atoms with Gasteiger partial charge in [0, 0.05) is 0 Å². The Balaban J connectivity index is 1.76. The summed E-state index contributed by atoms with van der Waals surface area (Å²) >= 11 is 29.1. The van der Waals surface area contributed by atoms with Gasteiger partial charge in [-0.25, -0.2) is 14.4 Å². The molecule has 0 aromatic heterocycles. The van der Waals surface area contributed by atoms with Gasteiger partial charge in [-0.1, -0.05) is 58.0 Å². The maximum atomic E-state index is 12.6. The Hall–Kier alpha value is -3.08. The third-order valence-electron chi connectivity index (χ3n) is 4.76. The summed E-state index contributed by atoms with van der Waals surface area (Å²) in [5, 5.41) is 28.0. The third kappa shape index (κ3) is 7.27. The molecule has 0 spiro atoms. The maximum Gasteiger partial charge on any atom is 0.338 e. The normalized spacial score (nSPS) is 10.8. The van der Waals surface area contributed by atoms with Crippen LogP contribution in [0.4, 0.5) is 0 Å². The average Bonchev–Trinajstić information content (AvgIpc) is 2.87. The van der Waals surface area contributed by atoms with Crippen LogP contribution in [-0.2, 0) is 14.2 Å². The second-order valence-electron chi connectivity index (χ2n) is 7.47. The van der Waals surface area contributed by atoms with Gasteiger partial charge in [0.1, 0.15) is 19.0 Å². The highest BCUT2D eigenvalue weighted by Crippen LogP contribution is 2.34. The predicted molar refractivity (Wildman–Crippen MR) is 139 cm³/mol. The van der Waals surface area contributed by atoms with Gasteiger partial charge in [0.25, 0.3) is 0 Å². The molecule has 38 heavy (non-hydrogen) atoms. The van der Waals surface area contributed by atoms with Crippen molar-refractivity contribution in [2.24, 2.45) is 0 Å². The van der Waals surface area contributed by atoms with Crippen LogP contribution in [0.3, 0.4) is 0 Å². The zero-order chi connectivity index (χ0) is 28.1. The highest BCUT2D eigenvalue weighted by atomic mass is 35.5. The molecule has 0 unspecified atom stereocenters. The fourth-order valence-electron chi connectivity index (χ4n) is 2.84. The van der Waals surface area contributed by atoms with Crippen LogP contribution in [0, 0.1) is 0 Å². The summed E-state index contributed by atoms with van der Waals surface area (Å²) in [6, 6.07) is 8.01. The van der Waals surface area contributed by atoms with E-state index in [1.54, 1.807) is 0 Å². The Morgan fingerprint density at radius 3 is 1.39 bits per heavy atom. The van der Waals surface area contributed by atoms with Gasteiger partial charge in [0.15, 0.2) is 17.6 Å². The number of phenolic OH excluding ortho intramolecular Hbond substituents is 3. The van der Waals surface area contributed by atoms with Crippen LogP contribution < -0.4 is 0 Å². The summed E-state index contributed by atoms with van der Waals surface area (Å²) in [6.45, 7) is -1.17. The Labute approximate surface area is 239 Å². The van der Waals surface area contributed by atoms with Crippen LogP contribution in [0.25, 0.3) is 0 Å². The van der Waals surface area contributed by atoms with E-state index in [1.165, 1.54) is 12.1 Å². The summed E-state index contributed by atoms with van der Waals surface area (Å²) in [5.74, 6) is -3.93. The summed E-state index contributed by atoms with van der Waals surface area (Å²) in [5.41, 5.74) is -0.276. The molecule has 3 aromatic carbocycles. The lowest BCUT2D eigenvalue weighted by atomic mass is 10.2. The number of hydrogen-bond donors (Lipinski definition) is 3. The standard InChI is InChI=1S/C24H15Cl5O9/c25-14-3-10(1-2-19(14)30)24(35)38-13(8-36-22(33)11-4-15(26)20(31)16(27)5-11)9-37-23(34)12-6-17(28)21(32)18(29)7-12/h1-7,13,30-32H,8-9H2. The molecule has 3 N–H and O–H groups in total. The summed E-state index contributed by atoms with van der Waals surface area (Å²) in [7, 11) is 0. The zero-order valence-corrected chi connectivity index (χ0v) is 22.5. The number of rotatable bonds is 8. The second-order valence-corrected chi connectivity index (χ2v) is 9.50. The van der Waals surface area contributed by atoms with Crippen LogP contribution in [0.2, 0.25) is 25.1 Å². The molecule has 200 valence electrons. The predicted octanol–water partition coefficient (Wildman–Crippen LogP) is 6.31. The molecule has 0 atom stereocenters. The van der Waals surface area contributed by atoms with Gasteiger partial charge in [0.2, 0.25) is 0 Å². The molecule has 0 saturated carbocycles. The monoisotopic (exact) mass is 622 g/mol. The van der Waals surface area contributed by atoms with Gasteiger partial charge in [-0.15, -0.1) is 0 Å². The van der Waals surface area contributed by atoms with E-state index >= 15 is 0 Å². The van der Waals surface area contributed by atoms with Gasteiger partial charge in [0.05, 0.1) is 41.8 Å². The van der Waals surface area contributed by atoms with Crippen molar-refractivity contribution in [2.75, 3.05) is 13.2 Å². The van der Waals surface area contributed by atoms with E-state index in [1.807, 2.05) is 0 Å². The summed E-state index contributed by atoms with van der Waals surface area (Å²) < 4.78 is 15.6. The number of benzene rings is 3. The first-order chi connectivity index (χ1) is 17.9. The molecular weight excluding hydrogens is 610 g/mol. The SMILES string of the molecule is O=C(OCC(COC(=O)c1cc(Cl)c(O)c(Cl)c1)OC(=O)c1ccc(O)c(Cl)c1)c1cc(Cl)c(O)c(Cl)c1. The molecule has 0 fully saturated rings. The van der Waals surface area contributed by atoms with Crippen LogP contribution in [0.1, 0.15) is 31.1 Å². The number of phenols is 3. The molecule has 0 bridgehead atoms. The molecule has 0 heterocycles. The van der Waals surface area contributed by atoms with E-state index in [4.69, 9.17) is 72.2 Å². The van der Waals surface area contributed by atoms with Crippen LogP contribution in [0.15, 0.2) is 42.5 Å². The molecule has 14 heteroatoms. The molecule has 3 aromatic rings. The number of hydrogen-bond acceptors (Lipinski definition) is 9. The molecule has 0 radical (unpaired) electrons. The smallest absolute Gasteiger partial charge is 0.338 e. The van der Waals surface area contributed by atoms with Gasteiger partial charge >= 0.3 is 17.9 Å². The number of aromatic hydroxyl groups is 3. The topological polar surface area (TPSA) is 140 Å². The minimum absolute atomic E-state index is 0.0513. The van der Waals surface area contributed by atoms with Crippen LogP contribution >= 0.6 is 58.0 Å². The molecular formula is C24H15Cl5O9. The highest BCUT2D eigenvalue weighted by Gasteiger charge is 2.23. The minimum Gasteiger partial charge on any atom is -0.506 e. The lowest BCUT2D eigenvalue weighted by molar-refractivity contribution is -0.0253. The van der Waals surface area contributed by atoms with E-state index in [0.29, 0.717) is 0 Å². The maximum absolute atomic E-state index is 12.6. The van der Waals surface area contributed by atoms with Crippen molar-refractivity contribution >= 4 is 75.9 Å². The number of carbonyl (C=O) groups is 3. The second kappa shape index (κ2) is 12.6. The fourth-order valence-corrected chi connectivity index (χ4v) is 3.99. The highest BCUT2D eigenvalue weighted by molar-refractivity contribution is 6.38. The van der Waals surface area contributed by atoms with Gasteiger partial charge in [-0.2, -0.15) is 0 Å². The quantitative estimate of drug-likeness (QED) is 0.194.